The lowest BCUT2D eigenvalue weighted by atomic mass is 10.2. The van der Waals surface area contributed by atoms with Gasteiger partial charge >= 0.3 is 12.0 Å². The second-order valence-corrected chi connectivity index (χ2v) is 3.97. The van der Waals surface area contributed by atoms with Gasteiger partial charge in [0.05, 0.1) is 0 Å². The third-order valence-electron chi connectivity index (χ3n) is 2.45. The third kappa shape index (κ3) is 4.55. The zero-order valence-corrected chi connectivity index (χ0v) is 10.3. The quantitative estimate of drug-likeness (QED) is 0.643. The molecule has 1 aromatic rings. The van der Waals surface area contributed by atoms with Crippen molar-refractivity contribution in [1.29, 1.82) is 0 Å². The number of carboxylic acid groups (broad SMARTS) is 1. The summed E-state index contributed by atoms with van der Waals surface area (Å²) in [6.07, 6.45) is -0.106. The number of aliphatic hydroxyl groups excluding tert-OH is 1. The summed E-state index contributed by atoms with van der Waals surface area (Å²) in [4.78, 5) is 22.3. The molecule has 0 aliphatic carbocycles. The van der Waals surface area contributed by atoms with E-state index in [1.54, 1.807) is 6.92 Å². The average molecular weight is 270 g/mol. The van der Waals surface area contributed by atoms with Gasteiger partial charge in [0.1, 0.15) is 11.9 Å². The number of carboxylic acids is 1. The number of urea groups is 1. The number of hydrogen-bond donors (Lipinski definition) is 4. The molecule has 0 spiro atoms. The summed E-state index contributed by atoms with van der Waals surface area (Å²) < 4.78 is 13.2. The molecule has 19 heavy (non-hydrogen) atoms. The number of carbonyl (C=O) groups is 2. The van der Waals surface area contributed by atoms with Gasteiger partial charge in [-0.1, -0.05) is 6.07 Å². The van der Waals surface area contributed by atoms with Crippen LogP contribution in [-0.2, 0) is 4.79 Å². The Bertz CT molecular complexity index is 479. The number of anilines is 1. The summed E-state index contributed by atoms with van der Waals surface area (Å²) in [6.45, 7) is 1.22. The van der Waals surface area contributed by atoms with E-state index in [-0.39, 0.29) is 18.7 Å². The van der Waals surface area contributed by atoms with E-state index in [1.807, 2.05) is 0 Å². The van der Waals surface area contributed by atoms with Gasteiger partial charge in [-0.3, -0.25) is 0 Å². The predicted molar refractivity (Wildman–Crippen MR) is 66.4 cm³/mol. The van der Waals surface area contributed by atoms with Gasteiger partial charge < -0.3 is 20.8 Å². The first-order valence-electron chi connectivity index (χ1n) is 5.61. The van der Waals surface area contributed by atoms with Crippen LogP contribution in [0, 0.1) is 12.7 Å². The maximum Gasteiger partial charge on any atom is 0.326 e. The van der Waals surface area contributed by atoms with E-state index in [9.17, 15) is 14.0 Å². The molecule has 2 amide bonds. The Hall–Kier alpha value is -2.15. The van der Waals surface area contributed by atoms with E-state index in [1.165, 1.54) is 12.1 Å². The van der Waals surface area contributed by atoms with Crippen molar-refractivity contribution in [3.63, 3.8) is 0 Å². The second kappa shape index (κ2) is 6.69. The minimum Gasteiger partial charge on any atom is -0.480 e. The molecule has 0 aliphatic rings. The van der Waals surface area contributed by atoms with Crippen molar-refractivity contribution in [2.45, 2.75) is 19.4 Å². The highest BCUT2D eigenvalue weighted by molar-refractivity contribution is 5.92. The molecule has 0 aliphatic heterocycles. The van der Waals surface area contributed by atoms with Crippen molar-refractivity contribution in [3.05, 3.63) is 29.6 Å². The van der Waals surface area contributed by atoms with Crippen LogP contribution in [0.5, 0.6) is 0 Å². The fourth-order valence-electron chi connectivity index (χ4n) is 1.38. The largest absolute Gasteiger partial charge is 0.480 e. The highest BCUT2D eigenvalue weighted by atomic mass is 19.1. The highest BCUT2D eigenvalue weighted by Gasteiger charge is 2.19. The first kappa shape index (κ1) is 14.9. The molecular formula is C12H15FN2O4. The van der Waals surface area contributed by atoms with Crippen molar-refractivity contribution in [2.75, 3.05) is 11.9 Å². The van der Waals surface area contributed by atoms with Crippen molar-refractivity contribution >= 4 is 17.7 Å². The molecule has 1 unspecified atom stereocenters. The number of benzene rings is 1. The lowest BCUT2D eigenvalue weighted by Gasteiger charge is -2.14. The van der Waals surface area contributed by atoms with Crippen LogP contribution >= 0.6 is 0 Å². The molecular weight excluding hydrogens is 255 g/mol. The maximum atomic E-state index is 13.2. The first-order valence-corrected chi connectivity index (χ1v) is 5.61. The van der Waals surface area contributed by atoms with Gasteiger partial charge in [-0.05, 0) is 24.6 Å². The second-order valence-electron chi connectivity index (χ2n) is 3.97. The van der Waals surface area contributed by atoms with Crippen LogP contribution in [0.1, 0.15) is 12.0 Å². The van der Waals surface area contributed by atoms with E-state index in [0.717, 1.165) is 6.07 Å². The van der Waals surface area contributed by atoms with Crippen molar-refractivity contribution in [1.82, 2.24) is 5.32 Å². The van der Waals surface area contributed by atoms with Gasteiger partial charge in [0.2, 0.25) is 0 Å². The Morgan fingerprint density at radius 3 is 2.63 bits per heavy atom. The van der Waals surface area contributed by atoms with Gasteiger partial charge in [-0.25, -0.2) is 14.0 Å². The molecule has 0 saturated carbocycles. The monoisotopic (exact) mass is 270 g/mol. The molecule has 104 valence electrons. The van der Waals surface area contributed by atoms with Crippen molar-refractivity contribution in [2.24, 2.45) is 0 Å². The number of aryl methyl sites for hydroxylation is 1. The number of carbonyl (C=O) groups excluding carboxylic acids is 1. The normalized spacial score (nSPS) is 11.7. The third-order valence-corrected chi connectivity index (χ3v) is 2.45. The number of hydrogen-bond acceptors (Lipinski definition) is 3. The summed E-state index contributed by atoms with van der Waals surface area (Å²) in [7, 11) is 0. The molecule has 7 heteroatoms. The first-order chi connectivity index (χ1) is 8.93. The Balaban J connectivity index is 2.63. The zero-order chi connectivity index (χ0) is 14.4. The number of aliphatic hydroxyl groups is 1. The van der Waals surface area contributed by atoms with Crippen molar-refractivity contribution < 1.29 is 24.2 Å². The fourth-order valence-corrected chi connectivity index (χ4v) is 1.38. The summed E-state index contributed by atoms with van der Waals surface area (Å²) in [5, 5.41) is 21.9. The summed E-state index contributed by atoms with van der Waals surface area (Å²) >= 11 is 0. The molecule has 0 bridgehead atoms. The van der Waals surface area contributed by atoms with E-state index >= 15 is 0 Å². The lowest BCUT2D eigenvalue weighted by molar-refractivity contribution is -0.139. The van der Waals surface area contributed by atoms with Gasteiger partial charge in [0.15, 0.2) is 0 Å². The SMILES string of the molecule is Cc1ccc(NC(=O)NC(CCO)C(=O)O)cc1F. The van der Waals surface area contributed by atoms with E-state index < -0.39 is 23.9 Å². The Kier molecular flexibility index (Phi) is 5.25. The van der Waals surface area contributed by atoms with Crippen LogP contribution in [0.15, 0.2) is 18.2 Å². The van der Waals surface area contributed by atoms with Gasteiger partial charge in [0.25, 0.3) is 0 Å². The smallest absolute Gasteiger partial charge is 0.326 e. The Morgan fingerprint density at radius 1 is 1.42 bits per heavy atom. The van der Waals surface area contributed by atoms with Crippen LogP contribution in [-0.4, -0.2) is 34.9 Å². The van der Waals surface area contributed by atoms with E-state index in [4.69, 9.17) is 10.2 Å². The van der Waals surface area contributed by atoms with Crippen LogP contribution in [0.3, 0.4) is 0 Å². The van der Waals surface area contributed by atoms with Crippen molar-refractivity contribution in [3.8, 4) is 0 Å². The number of rotatable bonds is 5. The van der Waals surface area contributed by atoms with Crippen LogP contribution in [0.4, 0.5) is 14.9 Å². The van der Waals surface area contributed by atoms with Gasteiger partial charge in [0, 0.05) is 18.7 Å². The minimum atomic E-state index is -1.25. The predicted octanol–water partition coefficient (Wildman–Crippen LogP) is 1.09. The van der Waals surface area contributed by atoms with Gasteiger partial charge in [-0.2, -0.15) is 0 Å². The summed E-state index contributed by atoms with van der Waals surface area (Å²) in [5.41, 5.74) is 0.656. The molecule has 0 radical (unpaired) electrons. The van der Waals surface area contributed by atoms with E-state index in [0.29, 0.717) is 5.56 Å². The molecule has 6 nitrogen and oxygen atoms in total. The number of amides is 2. The zero-order valence-electron chi connectivity index (χ0n) is 10.3. The fraction of sp³-hybridized carbons (Fsp3) is 0.333. The number of aliphatic carboxylic acids is 1. The average Bonchev–Trinajstić information content (AvgIpc) is 2.33. The van der Waals surface area contributed by atoms with Crippen LogP contribution < -0.4 is 10.6 Å². The highest BCUT2D eigenvalue weighted by Crippen LogP contribution is 2.13. The maximum absolute atomic E-state index is 13.2. The number of halogens is 1. The Labute approximate surface area is 109 Å². The topological polar surface area (TPSA) is 98.7 Å². The summed E-state index contributed by atoms with van der Waals surface area (Å²) in [5.74, 6) is -1.72. The molecule has 1 rings (SSSR count). The van der Waals surface area contributed by atoms with Crippen LogP contribution in [0.2, 0.25) is 0 Å². The molecule has 1 atom stereocenters. The lowest BCUT2D eigenvalue weighted by Crippen LogP contribution is -2.43. The molecule has 0 fully saturated rings. The molecule has 4 N–H and O–H groups in total. The van der Waals surface area contributed by atoms with Crippen LogP contribution in [0.25, 0.3) is 0 Å². The standard InChI is InChI=1S/C12H15FN2O4/c1-7-2-3-8(6-9(7)13)14-12(19)15-10(4-5-16)11(17)18/h2-3,6,10,16H,4-5H2,1H3,(H,17,18)(H2,14,15,19). The molecule has 0 saturated heterocycles. The molecule has 0 aromatic heterocycles. The Morgan fingerprint density at radius 2 is 2.11 bits per heavy atom. The molecule has 0 heterocycles. The summed E-state index contributed by atoms with van der Waals surface area (Å²) in [6, 6.07) is 2.16. The molecule has 1 aromatic carbocycles. The minimum absolute atomic E-state index is 0.106. The van der Waals surface area contributed by atoms with E-state index in [2.05, 4.69) is 10.6 Å². The van der Waals surface area contributed by atoms with Gasteiger partial charge in [-0.15, -0.1) is 0 Å². The number of nitrogens with one attached hydrogen (secondary N) is 2.